The lowest BCUT2D eigenvalue weighted by Crippen LogP contribution is -2.29. The molecule has 2 rings (SSSR count). The van der Waals surface area contributed by atoms with E-state index in [1.807, 2.05) is 18.2 Å². The molecule has 1 atom stereocenters. The Balaban J connectivity index is 2.45. The maximum absolute atomic E-state index is 5.60. The van der Waals surface area contributed by atoms with Crippen molar-refractivity contribution in [3.63, 3.8) is 0 Å². The van der Waals surface area contributed by atoms with Crippen LogP contribution in [0.3, 0.4) is 0 Å². The highest BCUT2D eigenvalue weighted by molar-refractivity contribution is 5.38. The molecule has 0 saturated heterocycles. The van der Waals surface area contributed by atoms with E-state index in [0.29, 0.717) is 0 Å². The van der Waals surface area contributed by atoms with Gasteiger partial charge in [0.2, 0.25) is 0 Å². The van der Waals surface area contributed by atoms with Gasteiger partial charge in [0, 0.05) is 0 Å². The monoisotopic (exact) mass is 216 g/mol. The van der Waals surface area contributed by atoms with Crippen LogP contribution in [0.25, 0.3) is 0 Å². The number of nitrogens with two attached hydrogens (primary N) is 1. The topological polar surface area (TPSA) is 51.2 Å². The van der Waals surface area contributed by atoms with Gasteiger partial charge in [-0.25, -0.2) is 5.43 Å². The van der Waals surface area contributed by atoms with E-state index in [4.69, 9.17) is 10.3 Å². The van der Waals surface area contributed by atoms with Gasteiger partial charge in [0.1, 0.15) is 11.8 Å². The number of rotatable bonds is 3. The van der Waals surface area contributed by atoms with E-state index in [1.165, 1.54) is 11.1 Å². The van der Waals surface area contributed by atoms with Crippen LogP contribution in [0.4, 0.5) is 0 Å². The molecule has 1 heterocycles. The second kappa shape index (κ2) is 4.51. The zero-order valence-electron chi connectivity index (χ0n) is 9.53. The standard InChI is InChI=1S/C13H16N2O/c1-9-5-3-6-11(10(9)2)13(15-14)12-7-4-8-16-12/h3-8,13,15H,14H2,1-2H3. The Bertz CT molecular complexity index is 463. The van der Waals surface area contributed by atoms with Crippen molar-refractivity contribution in [2.75, 3.05) is 0 Å². The summed E-state index contributed by atoms with van der Waals surface area (Å²) in [5.41, 5.74) is 6.44. The van der Waals surface area contributed by atoms with Gasteiger partial charge in [-0.1, -0.05) is 18.2 Å². The lowest BCUT2D eigenvalue weighted by molar-refractivity contribution is 0.451. The third-order valence-corrected chi connectivity index (χ3v) is 2.95. The first-order valence-electron chi connectivity index (χ1n) is 5.29. The van der Waals surface area contributed by atoms with Crippen LogP contribution in [0, 0.1) is 13.8 Å². The van der Waals surface area contributed by atoms with Crippen LogP contribution in [-0.2, 0) is 0 Å². The molecule has 0 spiro atoms. The molecule has 3 nitrogen and oxygen atoms in total. The maximum Gasteiger partial charge on any atom is 0.126 e. The van der Waals surface area contributed by atoms with Gasteiger partial charge in [0.25, 0.3) is 0 Å². The molecule has 0 aliphatic carbocycles. The Labute approximate surface area is 95.2 Å². The van der Waals surface area contributed by atoms with Crippen LogP contribution in [-0.4, -0.2) is 0 Å². The van der Waals surface area contributed by atoms with Crippen molar-refractivity contribution in [2.45, 2.75) is 19.9 Å². The second-order valence-electron chi connectivity index (χ2n) is 3.90. The van der Waals surface area contributed by atoms with Gasteiger partial charge in [0.15, 0.2) is 0 Å². The molecule has 3 N–H and O–H groups in total. The third-order valence-electron chi connectivity index (χ3n) is 2.95. The number of aryl methyl sites for hydroxylation is 1. The average Bonchev–Trinajstić information content (AvgIpc) is 2.79. The summed E-state index contributed by atoms with van der Waals surface area (Å²) < 4.78 is 5.39. The summed E-state index contributed by atoms with van der Waals surface area (Å²) >= 11 is 0. The Kier molecular flexibility index (Phi) is 3.08. The van der Waals surface area contributed by atoms with E-state index < -0.39 is 0 Å². The summed E-state index contributed by atoms with van der Waals surface area (Å²) in [7, 11) is 0. The van der Waals surface area contributed by atoms with Crippen molar-refractivity contribution in [1.82, 2.24) is 5.43 Å². The molecule has 84 valence electrons. The van der Waals surface area contributed by atoms with Crippen LogP contribution in [0.2, 0.25) is 0 Å². The first-order valence-corrected chi connectivity index (χ1v) is 5.29. The minimum Gasteiger partial charge on any atom is -0.467 e. The molecule has 1 unspecified atom stereocenters. The summed E-state index contributed by atoms with van der Waals surface area (Å²) in [5.74, 6) is 6.43. The van der Waals surface area contributed by atoms with Crippen LogP contribution in [0.5, 0.6) is 0 Å². The number of hydrogen-bond acceptors (Lipinski definition) is 3. The average molecular weight is 216 g/mol. The quantitative estimate of drug-likeness (QED) is 0.612. The van der Waals surface area contributed by atoms with Gasteiger partial charge >= 0.3 is 0 Å². The predicted molar refractivity (Wildman–Crippen MR) is 63.8 cm³/mol. The van der Waals surface area contributed by atoms with E-state index >= 15 is 0 Å². The van der Waals surface area contributed by atoms with E-state index in [1.54, 1.807) is 6.26 Å². The SMILES string of the molecule is Cc1cccc(C(NN)c2ccco2)c1C. The van der Waals surface area contributed by atoms with Crippen molar-refractivity contribution in [2.24, 2.45) is 5.84 Å². The summed E-state index contributed by atoms with van der Waals surface area (Å²) in [6, 6.07) is 9.89. The molecule has 0 amide bonds. The minimum atomic E-state index is -0.0881. The van der Waals surface area contributed by atoms with Crippen LogP contribution in [0.1, 0.15) is 28.5 Å². The molecule has 0 bridgehead atoms. The maximum atomic E-state index is 5.60. The van der Waals surface area contributed by atoms with E-state index in [-0.39, 0.29) is 6.04 Å². The number of hydrazine groups is 1. The molecule has 0 aliphatic heterocycles. The van der Waals surface area contributed by atoms with Crippen molar-refractivity contribution < 1.29 is 4.42 Å². The zero-order valence-corrected chi connectivity index (χ0v) is 9.53. The molecule has 1 aromatic heterocycles. The number of furan rings is 1. The Hall–Kier alpha value is -1.58. The first kappa shape index (κ1) is 10.9. The van der Waals surface area contributed by atoms with Crippen molar-refractivity contribution >= 4 is 0 Å². The Morgan fingerprint density at radius 2 is 2.00 bits per heavy atom. The summed E-state index contributed by atoms with van der Waals surface area (Å²) in [4.78, 5) is 0. The fraction of sp³-hybridized carbons (Fsp3) is 0.231. The predicted octanol–water partition coefficient (Wildman–Crippen LogP) is 2.45. The third kappa shape index (κ3) is 1.87. The van der Waals surface area contributed by atoms with Gasteiger partial charge in [0.05, 0.1) is 6.26 Å². The summed E-state index contributed by atoms with van der Waals surface area (Å²) in [5, 5.41) is 0. The first-order chi connectivity index (χ1) is 7.74. The minimum absolute atomic E-state index is 0.0881. The number of hydrogen-bond donors (Lipinski definition) is 2. The van der Waals surface area contributed by atoms with E-state index in [2.05, 4.69) is 31.4 Å². The summed E-state index contributed by atoms with van der Waals surface area (Å²) in [6.07, 6.45) is 1.66. The summed E-state index contributed by atoms with van der Waals surface area (Å²) in [6.45, 7) is 4.19. The van der Waals surface area contributed by atoms with Crippen molar-refractivity contribution in [3.8, 4) is 0 Å². The molecule has 1 aromatic carbocycles. The van der Waals surface area contributed by atoms with Gasteiger partial charge < -0.3 is 4.42 Å². The molecule has 0 aliphatic rings. The number of benzene rings is 1. The lowest BCUT2D eigenvalue weighted by atomic mass is 9.96. The van der Waals surface area contributed by atoms with Crippen molar-refractivity contribution in [3.05, 3.63) is 59.0 Å². The Morgan fingerprint density at radius 3 is 2.62 bits per heavy atom. The van der Waals surface area contributed by atoms with Gasteiger partial charge in [-0.3, -0.25) is 5.84 Å². The van der Waals surface area contributed by atoms with Gasteiger partial charge in [-0.05, 0) is 42.7 Å². The van der Waals surface area contributed by atoms with Crippen molar-refractivity contribution in [1.29, 1.82) is 0 Å². The Morgan fingerprint density at radius 1 is 1.19 bits per heavy atom. The molecule has 0 fully saturated rings. The largest absolute Gasteiger partial charge is 0.467 e. The molecule has 3 heteroatoms. The van der Waals surface area contributed by atoms with Gasteiger partial charge in [-0.15, -0.1) is 0 Å². The molecular weight excluding hydrogens is 200 g/mol. The highest BCUT2D eigenvalue weighted by atomic mass is 16.3. The second-order valence-corrected chi connectivity index (χ2v) is 3.90. The van der Waals surface area contributed by atoms with Crippen LogP contribution in [0.15, 0.2) is 41.0 Å². The normalized spacial score (nSPS) is 12.7. The van der Waals surface area contributed by atoms with E-state index in [0.717, 1.165) is 11.3 Å². The van der Waals surface area contributed by atoms with E-state index in [9.17, 15) is 0 Å². The lowest BCUT2D eigenvalue weighted by Gasteiger charge is -2.17. The van der Waals surface area contributed by atoms with Crippen LogP contribution >= 0.6 is 0 Å². The molecule has 2 aromatic rings. The smallest absolute Gasteiger partial charge is 0.126 e. The van der Waals surface area contributed by atoms with Crippen LogP contribution < -0.4 is 11.3 Å². The molecule has 0 radical (unpaired) electrons. The highest BCUT2D eigenvalue weighted by Gasteiger charge is 2.17. The highest BCUT2D eigenvalue weighted by Crippen LogP contribution is 2.25. The molecular formula is C13H16N2O. The fourth-order valence-electron chi connectivity index (χ4n) is 1.87. The fourth-order valence-corrected chi connectivity index (χ4v) is 1.87. The molecule has 0 saturated carbocycles. The molecule has 16 heavy (non-hydrogen) atoms. The number of nitrogens with one attached hydrogen (secondary N) is 1. The van der Waals surface area contributed by atoms with Gasteiger partial charge in [-0.2, -0.15) is 0 Å². The zero-order chi connectivity index (χ0) is 11.5.